The Morgan fingerprint density at radius 1 is 1.18 bits per heavy atom. The number of para-hydroxylation sites is 1. The number of rotatable bonds is 4. The fraction of sp³-hybridized carbons (Fsp3) is 0.188. The lowest BCUT2D eigenvalue weighted by Crippen LogP contribution is -2.28. The van der Waals surface area contributed by atoms with Crippen molar-refractivity contribution in [2.75, 3.05) is 11.5 Å². The number of anilines is 1. The van der Waals surface area contributed by atoms with Gasteiger partial charge >= 0.3 is 5.97 Å². The first-order valence-electron chi connectivity index (χ1n) is 6.83. The van der Waals surface area contributed by atoms with Crippen molar-refractivity contribution in [3.8, 4) is 0 Å². The van der Waals surface area contributed by atoms with Crippen LogP contribution in [-0.2, 0) is 16.1 Å². The van der Waals surface area contributed by atoms with Gasteiger partial charge in [-0.25, -0.2) is 4.79 Å². The third kappa shape index (κ3) is 2.28. The highest BCUT2D eigenvalue weighted by Gasteiger charge is 2.35. The van der Waals surface area contributed by atoms with Gasteiger partial charge in [0.15, 0.2) is 0 Å². The number of carbonyl (C=O) groups excluding carboxylic acids is 3. The van der Waals surface area contributed by atoms with E-state index >= 15 is 0 Å². The van der Waals surface area contributed by atoms with Crippen LogP contribution in [0.1, 0.15) is 33.6 Å². The Hall–Kier alpha value is -2.89. The van der Waals surface area contributed by atoms with Gasteiger partial charge in [0.25, 0.3) is 11.7 Å². The van der Waals surface area contributed by atoms with Gasteiger partial charge in [0.2, 0.25) is 5.76 Å². The second-order valence-electron chi connectivity index (χ2n) is 4.72. The molecule has 3 rings (SSSR count). The van der Waals surface area contributed by atoms with Gasteiger partial charge in [0.05, 0.1) is 24.4 Å². The van der Waals surface area contributed by atoms with E-state index in [4.69, 9.17) is 9.15 Å². The number of ether oxygens (including phenoxy) is 1. The molecule has 0 spiro atoms. The molecule has 0 fully saturated rings. The molecule has 0 bridgehead atoms. The zero-order valence-electron chi connectivity index (χ0n) is 11.9. The summed E-state index contributed by atoms with van der Waals surface area (Å²) in [6, 6.07) is 9.85. The maximum Gasteiger partial charge on any atom is 0.374 e. The van der Waals surface area contributed by atoms with E-state index in [2.05, 4.69) is 0 Å². The van der Waals surface area contributed by atoms with Crippen LogP contribution < -0.4 is 4.90 Å². The molecule has 1 aliphatic heterocycles. The van der Waals surface area contributed by atoms with Crippen molar-refractivity contribution in [1.82, 2.24) is 0 Å². The largest absolute Gasteiger partial charge is 0.460 e. The number of fused-ring (bicyclic) bond motifs is 1. The maximum atomic E-state index is 12.1. The minimum Gasteiger partial charge on any atom is -0.460 e. The van der Waals surface area contributed by atoms with Crippen molar-refractivity contribution in [1.29, 1.82) is 0 Å². The van der Waals surface area contributed by atoms with E-state index in [1.165, 1.54) is 11.0 Å². The van der Waals surface area contributed by atoms with Crippen molar-refractivity contribution < 1.29 is 23.5 Å². The Balaban J connectivity index is 1.84. The topological polar surface area (TPSA) is 76.8 Å². The Morgan fingerprint density at radius 3 is 2.73 bits per heavy atom. The zero-order valence-corrected chi connectivity index (χ0v) is 11.9. The molecule has 2 heterocycles. The minimum absolute atomic E-state index is 0.0723. The smallest absolute Gasteiger partial charge is 0.374 e. The lowest BCUT2D eigenvalue weighted by Gasteiger charge is -2.14. The standard InChI is InChI=1S/C16H13NO5/c1-2-21-16(20)13-8-7-10(22-13)9-17-12-6-4-3-5-11(12)14(18)15(17)19/h3-8H,2,9H2,1H3. The van der Waals surface area contributed by atoms with Gasteiger partial charge in [0, 0.05) is 0 Å². The molecular formula is C16H13NO5. The average Bonchev–Trinajstić information content (AvgIpc) is 3.08. The molecule has 1 aromatic heterocycles. The monoisotopic (exact) mass is 299 g/mol. The number of hydrogen-bond acceptors (Lipinski definition) is 5. The molecule has 1 aromatic carbocycles. The molecule has 2 aromatic rings. The SMILES string of the molecule is CCOC(=O)c1ccc(CN2C(=O)C(=O)c3ccccc32)o1. The molecule has 6 nitrogen and oxygen atoms in total. The first kappa shape index (κ1) is 14.1. The highest BCUT2D eigenvalue weighted by Crippen LogP contribution is 2.30. The minimum atomic E-state index is -0.602. The number of amides is 1. The molecule has 1 amide bonds. The van der Waals surface area contributed by atoms with Gasteiger partial charge in [-0.1, -0.05) is 12.1 Å². The number of furan rings is 1. The molecule has 22 heavy (non-hydrogen) atoms. The molecule has 0 N–H and O–H groups in total. The fourth-order valence-corrected chi connectivity index (χ4v) is 2.34. The van der Waals surface area contributed by atoms with Crippen molar-refractivity contribution in [2.45, 2.75) is 13.5 Å². The van der Waals surface area contributed by atoms with Crippen molar-refractivity contribution >= 4 is 23.3 Å². The van der Waals surface area contributed by atoms with E-state index < -0.39 is 17.7 Å². The lowest BCUT2D eigenvalue weighted by molar-refractivity contribution is -0.114. The highest BCUT2D eigenvalue weighted by atomic mass is 16.5. The lowest BCUT2D eigenvalue weighted by atomic mass is 10.1. The summed E-state index contributed by atoms with van der Waals surface area (Å²) in [5.74, 6) is -1.22. The number of benzene rings is 1. The van der Waals surface area contributed by atoms with Crippen LogP contribution in [0.3, 0.4) is 0 Å². The van der Waals surface area contributed by atoms with Crippen molar-refractivity contribution in [3.05, 3.63) is 53.5 Å². The molecule has 6 heteroatoms. The first-order chi connectivity index (χ1) is 10.6. The van der Waals surface area contributed by atoms with Gasteiger partial charge in [-0.05, 0) is 31.2 Å². The average molecular weight is 299 g/mol. The van der Waals surface area contributed by atoms with Gasteiger partial charge in [0.1, 0.15) is 5.76 Å². The number of carbonyl (C=O) groups is 3. The normalized spacial score (nSPS) is 13.4. The van der Waals surface area contributed by atoms with Crippen molar-refractivity contribution in [3.63, 3.8) is 0 Å². The maximum absolute atomic E-state index is 12.1. The summed E-state index contributed by atoms with van der Waals surface area (Å²) in [6.07, 6.45) is 0. The molecule has 0 aliphatic carbocycles. The van der Waals surface area contributed by atoms with Crippen LogP contribution in [0.15, 0.2) is 40.8 Å². The molecule has 0 radical (unpaired) electrons. The first-order valence-corrected chi connectivity index (χ1v) is 6.83. The van der Waals surface area contributed by atoms with Gasteiger partial charge in [-0.15, -0.1) is 0 Å². The summed E-state index contributed by atoms with van der Waals surface area (Å²) in [5.41, 5.74) is 0.927. The number of ketones is 1. The summed E-state index contributed by atoms with van der Waals surface area (Å²) < 4.78 is 10.2. The van der Waals surface area contributed by atoms with E-state index in [1.807, 2.05) is 0 Å². The summed E-state index contributed by atoms with van der Waals surface area (Å²) in [5, 5.41) is 0. The van der Waals surface area contributed by atoms with E-state index in [0.29, 0.717) is 17.0 Å². The quantitative estimate of drug-likeness (QED) is 0.639. The third-order valence-electron chi connectivity index (χ3n) is 3.33. The molecule has 0 saturated carbocycles. The van der Waals surface area contributed by atoms with Crippen LogP contribution in [-0.4, -0.2) is 24.3 Å². The van der Waals surface area contributed by atoms with E-state index in [-0.39, 0.29) is 18.9 Å². The van der Waals surface area contributed by atoms with Gasteiger partial charge in [-0.3, -0.25) is 14.5 Å². The predicted molar refractivity (Wildman–Crippen MR) is 76.6 cm³/mol. The summed E-state index contributed by atoms with van der Waals surface area (Å²) in [6.45, 7) is 2.04. The Morgan fingerprint density at radius 2 is 1.95 bits per heavy atom. The molecule has 0 saturated heterocycles. The van der Waals surface area contributed by atoms with Crippen LogP contribution in [0.2, 0.25) is 0 Å². The van der Waals surface area contributed by atoms with Gasteiger partial charge in [-0.2, -0.15) is 0 Å². The van der Waals surface area contributed by atoms with E-state index in [0.717, 1.165) is 0 Å². The third-order valence-corrected chi connectivity index (χ3v) is 3.33. The number of esters is 1. The van der Waals surface area contributed by atoms with Crippen molar-refractivity contribution in [2.24, 2.45) is 0 Å². The predicted octanol–water partition coefficient (Wildman–Crippen LogP) is 2.19. The van der Waals surface area contributed by atoms with E-state index in [9.17, 15) is 14.4 Å². The zero-order chi connectivity index (χ0) is 15.7. The fourth-order valence-electron chi connectivity index (χ4n) is 2.34. The van der Waals surface area contributed by atoms with Crippen LogP contribution in [0.25, 0.3) is 0 Å². The van der Waals surface area contributed by atoms with Crippen LogP contribution in [0.5, 0.6) is 0 Å². The van der Waals surface area contributed by atoms with E-state index in [1.54, 1.807) is 37.3 Å². The second-order valence-corrected chi connectivity index (χ2v) is 4.72. The van der Waals surface area contributed by atoms with Crippen LogP contribution in [0.4, 0.5) is 5.69 Å². The summed E-state index contributed by atoms with van der Waals surface area (Å²) in [4.78, 5) is 36.9. The summed E-state index contributed by atoms with van der Waals surface area (Å²) >= 11 is 0. The number of hydrogen-bond donors (Lipinski definition) is 0. The molecule has 1 aliphatic rings. The summed E-state index contributed by atoms with van der Waals surface area (Å²) in [7, 11) is 0. The Kier molecular flexibility index (Phi) is 3.50. The molecular weight excluding hydrogens is 286 g/mol. The second kappa shape index (κ2) is 5.48. The number of Topliss-reactive ketones (excluding diaryl/α,β-unsaturated/α-hetero) is 1. The molecule has 0 unspecified atom stereocenters. The van der Waals surface area contributed by atoms with Gasteiger partial charge < -0.3 is 9.15 Å². The Labute approximate surface area is 126 Å². The van der Waals surface area contributed by atoms with Crippen LogP contribution in [0, 0.1) is 0 Å². The molecule has 112 valence electrons. The Bertz CT molecular complexity index is 761. The highest BCUT2D eigenvalue weighted by molar-refractivity contribution is 6.52. The number of nitrogens with zero attached hydrogens (tertiary/aromatic N) is 1. The molecule has 0 atom stereocenters. The van der Waals surface area contributed by atoms with Crippen LogP contribution >= 0.6 is 0 Å².